The molecule has 0 amide bonds. The second kappa shape index (κ2) is 7.70. The van der Waals surface area contributed by atoms with Crippen molar-refractivity contribution in [2.45, 2.75) is 26.9 Å². The van der Waals surface area contributed by atoms with Crippen LogP contribution in [-0.2, 0) is 6.18 Å². The molecule has 5 nitrogen and oxygen atoms in total. The Hall–Kier alpha value is -3.82. The maximum Gasteiger partial charge on any atom is 0.416 e. The van der Waals surface area contributed by atoms with Crippen LogP contribution in [0.5, 0.6) is 0 Å². The lowest BCUT2D eigenvalue weighted by Gasteiger charge is -2.07. The predicted octanol–water partition coefficient (Wildman–Crippen LogP) is 6.30. The van der Waals surface area contributed by atoms with Gasteiger partial charge in [-0.15, -0.1) is 11.3 Å². The quantitative estimate of drug-likeness (QED) is 0.371. The van der Waals surface area contributed by atoms with Crippen molar-refractivity contribution in [3.8, 4) is 17.1 Å². The first-order valence-electron chi connectivity index (χ1n) is 9.51. The number of benzene rings is 1. The lowest BCUT2D eigenvalue weighted by molar-refractivity contribution is -0.137. The average molecular weight is 451 g/mol. The lowest BCUT2D eigenvalue weighted by atomic mass is 10.1. The van der Waals surface area contributed by atoms with Crippen molar-refractivity contribution < 1.29 is 13.2 Å². The molecular formula is C23H16F3N5S. The van der Waals surface area contributed by atoms with Crippen molar-refractivity contribution >= 4 is 34.0 Å². The number of allylic oxidation sites excluding steroid dienone is 1. The average Bonchev–Trinajstić information content (AvgIpc) is 3.39. The molecule has 0 fully saturated rings. The van der Waals surface area contributed by atoms with Gasteiger partial charge in [-0.2, -0.15) is 23.7 Å². The largest absolute Gasteiger partial charge is 0.416 e. The van der Waals surface area contributed by atoms with Gasteiger partial charge in [0, 0.05) is 16.3 Å². The first-order chi connectivity index (χ1) is 15.1. The molecule has 160 valence electrons. The molecule has 3 aromatic heterocycles. The van der Waals surface area contributed by atoms with Gasteiger partial charge in [0.15, 0.2) is 0 Å². The fourth-order valence-electron chi connectivity index (χ4n) is 3.62. The highest BCUT2D eigenvalue weighted by Gasteiger charge is 2.30. The summed E-state index contributed by atoms with van der Waals surface area (Å²) in [6.45, 7) is 5.73. The highest BCUT2D eigenvalue weighted by Crippen LogP contribution is 2.33. The number of aromatic nitrogens is 3. The smallest absolute Gasteiger partial charge is 0.337 e. The van der Waals surface area contributed by atoms with Crippen LogP contribution in [0.15, 0.2) is 30.3 Å². The van der Waals surface area contributed by atoms with Gasteiger partial charge < -0.3 is 9.55 Å². The van der Waals surface area contributed by atoms with Crippen LogP contribution in [0.2, 0.25) is 0 Å². The number of hydrogen-bond acceptors (Lipinski definition) is 4. The number of fused-ring (bicyclic) bond motifs is 1. The van der Waals surface area contributed by atoms with Gasteiger partial charge in [-0.05, 0) is 62.7 Å². The van der Waals surface area contributed by atoms with Crippen molar-refractivity contribution in [2.75, 3.05) is 0 Å². The summed E-state index contributed by atoms with van der Waals surface area (Å²) in [7, 11) is 0. The fourth-order valence-corrected chi connectivity index (χ4v) is 4.69. The molecule has 0 bridgehead atoms. The van der Waals surface area contributed by atoms with Gasteiger partial charge in [0.05, 0.1) is 27.7 Å². The lowest BCUT2D eigenvalue weighted by Crippen LogP contribution is -2.04. The number of halogens is 3. The Morgan fingerprint density at radius 2 is 1.91 bits per heavy atom. The summed E-state index contributed by atoms with van der Waals surface area (Å²) in [5, 5.41) is 20.0. The van der Waals surface area contributed by atoms with E-state index in [4.69, 9.17) is 0 Å². The number of nitrogens with zero attached hydrogens (tertiary/aromatic N) is 4. The van der Waals surface area contributed by atoms with Gasteiger partial charge in [-0.25, -0.2) is 4.98 Å². The molecule has 0 aliphatic rings. The molecule has 0 spiro atoms. The van der Waals surface area contributed by atoms with E-state index in [0.717, 1.165) is 39.0 Å². The Morgan fingerprint density at radius 1 is 1.16 bits per heavy atom. The zero-order valence-electron chi connectivity index (χ0n) is 17.3. The van der Waals surface area contributed by atoms with Crippen LogP contribution in [0.4, 0.5) is 13.2 Å². The number of imidazole rings is 1. The molecule has 0 radical (unpaired) electrons. The summed E-state index contributed by atoms with van der Waals surface area (Å²) >= 11 is 1.51. The van der Waals surface area contributed by atoms with E-state index in [2.05, 4.69) is 22.1 Å². The van der Waals surface area contributed by atoms with E-state index in [0.29, 0.717) is 11.1 Å². The highest BCUT2D eigenvalue weighted by molar-refractivity contribution is 7.14. The maximum absolute atomic E-state index is 13.0. The monoisotopic (exact) mass is 451 g/mol. The van der Waals surface area contributed by atoms with Crippen LogP contribution in [0.25, 0.3) is 27.7 Å². The number of alkyl halides is 3. The first-order valence-corrected chi connectivity index (χ1v) is 10.3. The van der Waals surface area contributed by atoms with Crippen LogP contribution in [0.3, 0.4) is 0 Å². The number of rotatable bonds is 3. The third-order valence-corrected chi connectivity index (χ3v) is 6.15. The second-order valence-electron chi connectivity index (χ2n) is 7.33. The van der Waals surface area contributed by atoms with Crippen molar-refractivity contribution in [3.05, 3.63) is 69.1 Å². The highest BCUT2D eigenvalue weighted by atomic mass is 32.1. The molecule has 9 heteroatoms. The minimum atomic E-state index is -4.46. The number of hydrogen-bond donors (Lipinski definition) is 1. The van der Waals surface area contributed by atoms with E-state index in [1.165, 1.54) is 17.4 Å². The van der Waals surface area contributed by atoms with Crippen LogP contribution >= 0.6 is 11.3 Å². The minimum Gasteiger partial charge on any atom is -0.337 e. The zero-order chi connectivity index (χ0) is 23.2. The standard InChI is InChI=1S/C23H16F3N5S/c1-12-6-15(14(3)31(12)22-17(11-28)7-13(2)32-22)8-16(10-27)21-29-19-5-4-18(23(24,25)26)9-20(19)30-21/h4-9H,1-3H3,(H,29,30)/b16-8+. The van der Waals surface area contributed by atoms with Crippen molar-refractivity contribution in [1.82, 2.24) is 14.5 Å². The Kier molecular flexibility index (Phi) is 5.15. The molecule has 0 saturated heterocycles. The van der Waals surface area contributed by atoms with E-state index in [1.54, 1.807) is 6.08 Å². The van der Waals surface area contributed by atoms with E-state index < -0.39 is 11.7 Å². The van der Waals surface area contributed by atoms with Gasteiger partial charge in [-0.3, -0.25) is 0 Å². The summed E-state index contributed by atoms with van der Waals surface area (Å²) in [5.74, 6) is 0.191. The van der Waals surface area contributed by atoms with Crippen LogP contribution in [-0.4, -0.2) is 14.5 Å². The molecule has 0 aliphatic heterocycles. The molecule has 0 unspecified atom stereocenters. The number of aryl methyl sites for hydroxylation is 2. The number of aromatic amines is 1. The van der Waals surface area contributed by atoms with Gasteiger partial charge in [-0.1, -0.05) is 0 Å². The van der Waals surface area contributed by atoms with Crippen LogP contribution < -0.4 is 0 Å². The zero-order valence-corrected chi connectivity index (χ0v) is 18.1. The molecule has 4 rings (SSSR count). The van der Waals surface area contributed by atoms with Crippen molar-refractivity contribution in [1.29, 1.82) is 10.5 Å². The topological polar surface area (TPSA) is 81.2 Å². The Bertz CT molecular complexity index is 1470. The van der Waals surface area contributed by atoms with E-state index >= 15 is 0 Å². The Balaban J connectivity index is 1.80. The number of thiophene rings is 1. The van der Waals surface area contributed by atoms with Gasteiger partial charge in [0.1, 0.15) is 23.0 Å². The van der Waals surface area contributed by atoms with E-state index in [1.807, 2.05) is 37.5 Å². The van der Waals surface area contributed by atoms with Gasteiger partial charge in [0.25, 0.3) is 0 Å². The summed E-state index contributed by atoms with van der Waals surface area (Å²) in [4.78, 5) is 8.13. The number of H-pyrrole nitrogens is 1. The molecule has 0 atom stereocenters. The molecule has 0 saturated carbocycles. The number of nitrogens with one attached hydrogen (secondary N) is 1. The second-order valence-corrected chi connectivity index (χ2v) is 8.57. The summed E-state index contributed by atoms with van der Waals surface area (Å²) in [6, 6.07) is 11.2. The molecular weight excluding hydrogens is 435 g/mol. The van der Waals surface area contributed by atoms with Gasteiger partial charge >= 0.3 is 6.18 Å². The van der Waals surface area contributed by atoms with Crippen molar-refractivity contribution in [2.24, 2.45) is 0 Å². The third-order valence-electron chi connectivity index (χ3n) is 5.11. The summed E-state index contributed by atoms with van der Waals surface area (Å²) < 4.78 is 40.9. The van der Waals surface area contributed by atoms with Gasteiger partial charge in [0.2, 0.25) is 0 Å². The van der Waals surface area contributed by atoms with Crippen LogP contribution in [0, 0.1) is 43.4 Å². The molecule has 1 aromatic carbocycles. The first kappa shape index (κ1) is 21.4. The molecule has 4 aromatic rings. The Labute approximate surface area is 185 Å². The maximum atomic E-state index is 13.0. The number of nitriles is 2. The Morgan fingerprint density at radius 3 is 2.56 bits per heavy atom. The van der Waals surface area contributed by atoms with Crippen molar-refractivity contribution in [3.63, 3.8) is 0 Å². The minimum absolute atomic E-state index is 0.191. The van der Waals surface area contributed by atoms with E-state index in [9.17, 15) is 23.7 Å². The predicted molar refractivity (Wildman–Crippen MR) is 117 cm³/mol. The fraction of sp³-hybridized carbons (Fsp3) is 0.174. The van der Waals surface area contributed by atoms with E-state index in [-0.39, 0.29) is 16.9 Å². The summed E-state index contributed by atoms with van der Waals surface area (Å²) in [5.41, 5.74) is 3.01. The molecule has 3 heterocycles. The molecule has 1 N–H and O–H groups in total. The molecule has 32 heavy (non-hydrogen) atoms. The third kappa shape index (κ3) is 3.68. The normalized spacial score (nSPS) is 12.2. The summed E-state index contributed by atoms with van der Waals surface area (Å²) in [6.07, 6.45) is -2.82. The van der Waals surface area contributed by atoms with Crippen LogP contribution in [0.1, 0.15) is 38.8 Å². The SMILES string of the molecule is Cc1cc(C#N)c(-n2c(C)cc(/C=C(\C#N)c3nc4ccc(C(F)(F)F)cc4[nH]3)c2C)s1. The molecule has 0 aliphatic carbocycles.